The van der Waals surface area contributed by atoms with Gasteiger partial charge in [-0.25, -0.2) is 4.57 Å². The van der Waals surface area contributed by atoms with Gasteiger partial charge in [0.15, 0.2) is 0 Å². The molecule has 0 radical (unpaired) electrons. The minimum absolute atomic E-state index is 0.0145. The number of unbranched alkanes of at least 4 members (excludes halogenated alkanes) is 16. The number of esters is 1. The summed E-state index contributed by atoms with van der Waals surface area (Å²) in [5, 5.41) is 2.98. The maximum Gasteiger partial charge on any atom is 0.472 e. The van der Waals surface area contributed by atoms with Gasteiger partial charge in [0.05, 0.1) is 33.8 Å². The third-order valence-corrected chi connectivity index (χ3v) is 12.5. The molecule has 0 aromatic carbocycles. The van der Waals surface area contributed by atoms with Crippen LogP contribution in [-0.2, 0) is 27.9 Å². The summed E-state index contributed by atoms with van der Waals surface area (Å²) in [6.45, 7) is 6.76. The van der Waals surface area contributed by atoms with E-state index >= 15 is 0 Å². The number of phosphoric acid groups is 1. The number of phosphoric ester groups is 1. The predicted molar refractivity (Wildman–Crippen MR) is 300 cm³/mol. The van der Waals surface area contributed by atoms with E-state index in [9.17, 15) is 19.0 Å². The molecule has 9 nitrogen and oxygen atoms in total. The Balaban J connectivity index is 5.57. The van der Waals surface area contributed by atoms with E-state index in [0.717, 1.165) is 70.6 Å². The van der Waals surface area contributed by atoms with E-state index in [1.807, 2.05) is 45.4 Å². The summed E-state index contributed by atoms with van der Waals surface area (Å²) in [6, 6.07) is -0.914. The number of carbonyl (C=O) groups excluding carboxylic acids is 2. The number of ether oxygens (including phenoxy) is 1. The summed E-state index contributed by atoms with van der Waals surface area (Å²) >= 11 is 0. The van der Waals surface area contributed by atoms with Gasteiger partial charge in [0, 0.05) is 12.8 Å². The molecule has 3 unspecified atom stereocenters. The van der Waals surface area contributed by atoms with Crippen LogP contribution in [-0.4, -0.2) is 74.3 Å². The van der Waals surface area contributed by atoms with Crippen molar-refractivity contribution in [3.63, 3.8) is 0 Å². The molecule has 0 bridgehead atoms. The highest BCUT2D eigenvalue weighted by Gasteiger charge is 2.30. The molecule has 0 aliphatic rings. The Hall–Kier alpha value is -3.33. The molecule has 400 valence electrons. The molecule has 3 atom stereocenters. The van der Waals surface area contributed by atoms with Crippen molar-refractivity contribution in [2.24, 2.45) is 0 Å². The Morgan fingerprint density at radius 2 is 0.914 bits per heavy atom. The average Bonchev–Trinajstić information content (AvgIpc) is 3.32. The van der Waals surface area contributed by atoms with Crippen molar-refractivity contribution in [3.05, 3.63) is 109 Å². The number of amides is 1. The van der Waals surface area contributed by atoms with Gasteiger partial charge in [-0.15, -0.1) is 0 Å². The maximum absolute atomic E-state index is 13.4. The van der Waals surface area contributed by atoms with Crippen LogP contribution in [0.15, 0.2) is 109 Å². The van der Waals surface area contributed by atoms with E-state index in [-0.39, 0.29) is 32.0 Å². The molecule has 0 saturated carbocycles. The lowest BCUT2D eigenvalue weighted by atomic mass is 10.1. The van der Waals surface area contributed by atoms with Crippen molar-refractivity contribution in [2.75, 3.05) is 40.9 Å². The van der Waals surface area contributed by atoms with E-state index in [1.54, 1.807) is 6.08 Å². The normalized spacial score (nSPS) is 14.7. The van der Waals surface area contributed by atoms with Gasteiger partial charge in [0.2, 0.25) is 5.91 Å². The highest BCUT2D eigenvalue weighted by molar-refractivity contribution is 7.47. The summed E-state index contributed by atoms with van der Waals surface area (Å²) in [4.78, 5) is 37.4. The fourth-order valence-electron chi connectivity index (χ4n) is 7.19. The molecule has 0 heterocycles. The molecule has 0 aliphatic heterocycles. The van der Waals surface area contributed by atoms with Crippen molar-refractivity contribution in [3.8, 4) is 0 Å². The van der Waals surface area contributed by atoms with E-state index in [2.05, 4.69) is 105 Å². The third kappa shape index (κ3) is 49.6. The highest BCUT2D eigenvalue weighted by Crippen LogP contribution is 2.43. The van der Waals surface area contributed by atoms with E-state index in [0.29, 0.717) is 23.9 Å². The summed E-state index contributed by atoms with van der Waals surface area (Å²) in [6.07, 6.45) is 66.9. The number of likely N-dealkylation sites (N-methyl/N-ethyl adjacent to an activating group) is 1. The van der Waals surface area contributed by atoms with Gasteiger partial charge in [-0.2, -0.15) is 0 Å². The van der Waals surface area contributed by atoms with Crippen LogP contribution in [0.5, 0.6) is 0 Å². The maximum atomic E-state index is 13.4. The zero-order chi connectivity index (χ0) is 51.5. The second-order valence-corrected chi connectivity index (χ2v) is 20.8. The SMILES string of the molecule is CC/C=C\C/C=C\C/C=C\C/C=C\C/C=C\C/C=C\CCC(=O)OC(/C=C\CCCCCCCCCCCC)C(COP(=O)(O)OCC[N+](C)(C)C)NC(=O)CC/C=C/C/C=C\CCCCCCCC. The molecule has 0 fully saturated rings. The van der Waals surface area contributed by atoms with E-state index in [4.69, 9.17) is 13.8 Å². The lowest BCUT2D eigenvalue weighted by molar-refractivity contribution is -0.870. The predicted octanol–water partition coefficient (Wildman–Crippen LogP) is 16.6. The molecule has 0 rings (SSSR count). The van der Waals surface area contributed by atoms with Crippen LogP contribution in [0.25, 0.3) is 0 Å². The van der Waals surface area contributed by atoms with Gasteiger partial charge in [-0.1, -0.05) is 214 Å². The molecule has 0 spiro atoms. The topological polar surface area (TPSA) is 111 Å². The second-order valence-electron chi connectivity index (χ2n) is 19.4. The largest absolute Gasteiger partial charge is 0.472 e. The van der Waals surface area contributed by atoms with Crippen molar-refractivity contribution >= 4 is 19.7 Å². The van der Waals surface area contributed by atoms with Crippen molar-refractivity contribution in [1.29, 1.82) is 0 Å². The van der Waals surface area contributed by atoms with Crippen molar-refractivity contribution < 1.29 is 37.3 Å². The van der Waals surface area contributed by atoms with Gasteiger partial charge >= 0.3 is 13.8 Å². The van der Waals surface area contributed by atoms with E-state index < -0.39 is 25.9 Å². The lowest BCUT2D eigenvalue weighted by Gasteiger charge is -2.27. The Morgan fingerprint density at radius 3 is 1.37 bits per heavy atom. The first-order valence-electron chi connectivity index (χ1n) is 27.7. The summed E-state index contributed by atoms with van der Waals surface area (Å²) in [5.74, 6) is -0.691. The molecule has 0 aromatic heterocycles. The summed E-state index contributed by atoms with van der Waals surface area (Å²) in [5.41, 5.74) is 0. The Morgan fingerprint density at radius 1 is 0.514 bits per heavy atom. The number of rotatable bonds is 48. The molecule has 10 heteroatoms. The van der Waals surface area contributed by atoms with E-state index in [1.165, 1.54) is 89.9 Å². The van der Waals surface area contributed by atoms with Crippen LogP contribution in [0.4, 0.5) is 0 Å². The number of quaternary nitrogens is 1. The van der Waals surface area contributed by atoms with Gasteiger partial charge in [-0.3, -0.25) is 18.6 Å². The highest BCUT2D eigenvalue weighted by atomic mass is 31.2. The minimum Gasteiger partial charge on any atom is -0.456 e. The van der Waals surface area contributed by atoms with Crippen LogP contribution >= 0.6 is 7.82 Å². The molecule has 70 heavy (non-hydrogen) atoms. The summed E-state index contributed by atoms with van der Waals surface area (Å²) in [7, 11) is 1.41. The number of nitrogens with zero attached hydrogens (tertiary/aromatic N) is 1. The first kappa shape index (κ1) is 66.7. The van der Waals surface area contributed by atoms with Crippen molar-refractivity contribution in [2.45, 2.75) is 219 Å². The summed E-state index contributed by atoms with van der Waals surface area (Å²) < 4.78 is 30.4. The zero-order valence-electron chi connectivity index (χ0n) is 45.5. The number of hydrogen-bond acceptors (Lipinski definition) is 6. The van der Waals surface area contributed by atoms with Gasteiger partial charge in [0.25, 0.3) is 0 Å². The molecule has 0 aliphatic carbocycles. The monoisotopic (exact) mass is 996 g/mol. The average molecular weight is 996 g/mol. The fourth-order valence-corrected chi connectivity index (χ4v) is 7.93. The number of carbonyl (C=O) groups is 2. The van der Waals surface area contributed by atoms with Gasteiger partial charge in [0.1, 0.15) is 19.3 Å². The molecule has 0 aromatic rings. The number of allylic oxidation sites excluding steroid dienone is 17. The van der Waals surface area contributed by atoms with Crippen LogP contribution in [0, 0.1) is 0 Å². The Kier molecular flexibility index (Phi) is 46.9. The fraction of sp³-hybridized carbons (Fsp3) is 0.667. The first-order valence-corrected chi connectivity index (χ1v) is 29.2. The number of nitrogens with one attached hydrogen (secondary N) is 1. The Labute approximate surface area is 430 Å². The third-order valence-electron chi connectivity index (χ3n) is 11.5. The minimum atomic E-state index is -4.48. The molecule has 2 N–H and O–H groups in total. The van der Waals surface area contributed by atoms with Crippen LogP contribution in [0.1, 0.15) is 207 Å². The zero-order valence-corrected chi connectivity index (χ0v) is 46.4. The molecule has 0 saturated heterocycles. The van der Waals surface area contributed by atoms with Crippen LogP contribution < -0.4 is 5.32 Å². The van der Waals surface area contributed by atoms with Crippen LogP contribution in [0.3, 0.4) is 0 Å². The van der Waals surface area contributed by atoms with Crippen molar-refractivity contribution in [1.82, 2.24) is 5.32 Å². The standard InChI is InChI=1S/C60H103N2O7P/c1-7-10-13-16-19-22-25-28-29-30-31-32-33-35-38-41-44-47-50-53-60(64)69-58(51-48-45-42-39-36-27-24-21-18-15-12-9-3)57(56-68-70(65,66)67-55-54-62(4,5)6)61-59(63)52-49-46-43-40-37-34-26-23-20-17-14-11-8-2/h10,13,19,22,28-29,31-32,34-35,37-38,43-44,46-48,51,57-58H,7-9,11-12,14-18,20-21,23-27,30,33,36,39-42,45,49-50,52-56H2,1-6H3,(H-,61,63,65,66)/p+1/b13-10-,22-19-,29-28-,32-31-,37-34-,38-35-,46-43+,47-44-,51-48-. The first-order chi connectivity index (χ1) is 33.9. The van der Waals surface area contributed by atoms with Gasteiger partial charge < -0.3 is 19.4 Å². The number of hydrogen-bond donors (Lipinski definition) is 2. The second kappa shape index (κ2) is 49.3. The molecule has 1 amide bonds. The lowest BCUT2D eigenvalue weighted by Crippen LogP contribution is -2.47. The van der Waals surface area contributed by atoms with Crippen LogP contribution in [0.2, 0.25) is 0 Å². The molecular weight excluding hydrogens is 892 g/mol. The Bertz CT molecular complexity index is 1570. The quantitative estimate of drug-likeness (QED) is 0.0205. The van der Waals surface area contributed by atoms with Gasteiger partial charge in [-0.05, 0) is 89.5 Å². The smallest absolute Gasteiger partial charge is 0.456 e. The molecular formula is C60H104N2O7P+.